The third-order valence-corrected chi connectivity index (χ3v) is 6.47. The van der Waals surface area contributed by atoms with Gasteiger partial charge in [0, 0.05) is 5.69 Å². The number of aromatic nitrogens is 4. The first-order chi connectivity index (χ1) is 14.8. The summed E-state index contributed by atoms with van der Waals surface area (Å²) < 4.78 is 24.6. The molecule has 3 N–H and O–H groups in total. The highest BCUT2D eigenvalue weighted by Gasteiger charge is 2.20. The number of thioether (sulfide) groups is 1. The summed E-state index contributed by atoms with van der Waals surface area (Å²) in [6, 6.07) is 13.8. The largest absolute Gasteiger partial charge is 0.325 e. The van der Waals surface area contributed by atoms with E-state index in [1.54, 1.807) is 17.7 Å². The Labute approximate surface area is 185 Å². The van der Waals surface area contributed by atoms with Gasteiger partial charge in [0.05, 0.1) is 15.8 Å². The van der Waals surface area contributed by atoms with Gasteiger partial charge in [-0.15, -0.1) is 5.10 Å². The number of nitrogens with one attached hydrogen (secondary N) is 1. The van der Waals surface area contributed by atoms with Crippen LogP contribution >= 0.6 is 11.8 Å². The highest BCUT2D eigenvalue weighted by Crippen LogP contribution is 2.24. The molecule has 31 heavy (non-hydrogen) atoms. The molecule has 0 spiro atoms. The molecule has 3 aromatic rings. The summed E-state index contributed by atoms with van der Waals surface area (Å²) in [5.41, 5.74) is 2.40. The molecule has 0 aliphatic rings. The first-order valence-corrected chi connectivity index (χ1v) is 12.2. The maximum Gasteiger partial charge on any atom is 0.238 e. The second kappa shape index (κ2) is 10.0. The van der Waals surface area contributed by atoms with Gasteiger partial charge in [-0.05, 0) is 66.1 Å². The Morgan fingerprint density at radius 1 is 1.23 bits per heavy atom. The lowest BCUT2D eigenvalue weighted by Crippen LogP contribution is -2.23. The van der Waals surface area contributed by atoms with Crippen molar-refractivity contribution in [1.82, 2.24) is 20.2 Å². The topological polar surface area (TPSA) is 133 Å². The lowest BCUT2D eigenvalue weighted by atomic mass is 10.1. The first kappa shape index (κ1) is 22.9. The molecule has 1 atom stereocenters. The highest BCUT2D eigenvalue weighted by atomic mass is 32.2. The predicted octanol–water partition coefficient (Wildman–Crippen LogP) is 2.77. The highest BCUT2D eigenvalue weighted by molar-refractivity contribution is 8.00. The molecular weight excluding hydrogens is 436 g/mol. The molecule has 11 heteroatoms. The molecule has 0 aliphatic heterocycles. The maximum absolute atomic E-state index is 12.6. The molecule has 1 unspecified atom stereocenters. The van der Waals surface area contributed by atoms with Gasteiger partial charge in [0.1, 0.15) is 0 Å². The van der Waals surface area contributed by atoms with E-state index in [2.05, 4.69) is 39.9 Å². The van der Waals surface area contributed by atoms with Crippen LogP contribution < -0.4 is 10.5 Å². The number of primary sulfonamides is 1. The van der Waals surface area contributed by atoms with Crippen molar-refractivity contribution in [2.45, 2.75) is 48.4 Å². The van der Waals surface area contributed by atoms with Crippen molar-refractivity contribution >= 4 is 33.4 Å². The number of amides is 1. The predicted molar refractivity (Wildman–Crippen MR) is 120 cm³/mol. The standard InChI is InChI=1S/C20H24N6O3S2/c1-3-4-6-15-9-11-17(12-10-15)26-20(23-24-25-26)30-14(2)19(27)22-16-7-5-8-18(13-16)31(21,28)29/h5,7-14H,3-4,6H2,1-2H3,(H,22,27)(H2,21,28,29). The van der Waals surface area contributed by atoms with Gasteiger partial charge in [0.25, 0.3) is 0 Å². The van der Waals surface area contributed by atoms with Crippen molar-refractivity contribution in [1.29, 1.82) is 0 Å². The summed E-state index contributed by atoms with van der Waals surface area (Å²) in [5, 5.41) is 19.6. The van der Waals surface area contributed by atoms with Crippen LogP contribution in [0.5, 0.6) is 0 Å². The maximum atomic E-state index is 12.6. The minimum absolute atomic E-state index is 0.0723. The Hall–Kier alpha value is -2.76. The zero-order valence-corrected chi connectivity index (χ0v) is 18.9. The van der Waals surface area contributed by atoms with Crippen molar-refractivity contribution < 1.29 is 13.2 Å². The van der Waals surface area contributed by atoms with Gasteiger partial charge in [-0.25, -0.2) is 13.6 Å². The molecule has 0 bridgehead atoms. The average Bonchev–Trinajstić information content (AvgIpc) is 3.20. The monoisotopic (exact) mass is 460 g/mol. The van der Waals surface area contributed by atoms with E-state index in [1.807, 2.05) is 12.1 Å². The van der Waals surface area contributed by atoms with Crippen molar-refractivity contribution in [3.8, 4) is 5.69 Å². The average molecular weight is 461 g/mol. The van der Waals surface area contributed by atoms with E-state index in [0.29, 0.717) is 10.8 Å². The van der Waals surface area contributed by atoms with E-state index in [1.165, 1.54) is 35.5 Å². The Balaban J connectivity index is 1.68. The van der Waals surface area contributed by atoms with Gasteiger partial charge in [0.15, 0.2) is 0 Å². The third kappa shape index (κ3) is 6.12. The fourth-order valence-corrected chi connectivity index (χ4v) is 4.17. The number of benzene rings is 2. The molecular formula is C20H24N6O3S2. The number of carbonyl (C=O) groups is 1. The molecule has 0 radical (unpaired) electrons. The summed E-state index contributed by atoms with van der Waals surface area (Å²) in [7, 11) is -3.85. The number of sulfonamides is 1. The molecule has 1 aromatic heterocycles. The second-order valence-electron chi connectivity index (χ2n) is 6.97. The molecule has 0 saturated carbocycles. The quantitative estimate of drug-likeness (QED) is 0.469. The fourth-order valence-electron chi connectivity index (χ4n) is 2.81. The van der Waals surface area contributed by atoms with Crippen LogP contribution in [0.15, 0.2) is 58.6 Å². The summed E-state index contributed by atoms with van der Waals surface area (Å²) in [4.78, 5) is 12.5. The Morgan fingerprint density at radius 3 is 2.65 bits per heavy atom. The van der Waals surface area contributed by atoms with Crippen LogP contribution in [-0.4, -0.2) is 39.8 Å². The number of unbranched alkanes of at least 4 members (excludes halogenated alkanes) is 1. The molecule has 0 aliphatic carbocycles. The van der Waals surface area contributed by atoms with Gasteiger partial charge in [0.2, 0.25) is 21.1 Å². The minimum Gasteiger partial charge on any atom is -0.325 e. The SMILES string of the molecule is CCCCc1ccc(-n2nnnc2SC(C)C(=O)Nc2cccc(S(N)(=O)=O)c2)cc1. The number of nitrogens with zero attached hydrogens (tertiary/aromatic N) is 4. The summed E-state index contributed by atoms with van der Waals surface area (Å²) in [5.74, 6) is -0.318. The summed E-state index contributed by atoms with van der Waals surface area (Å²) in [6.45, 7) is 3.88. The Morgan fingerprint density at radius 2 is 1.97 bits per heavy atom. The van der Waals surface area contributed by atoms with E-state index < -0.39 is 15.3 Å². The summed E-state index contributed by atoms with van der Waals surface area (Å²) >= 11 is 1.20. The second-order valence-corrected chi connectivity index (χ2v) is 9.83. The molecule has 1 amide bonds. The van der Waals surface area contributed by atoms with Crippen LogP contribution in [-0.2, 0) is 21.2 Å². The van der Waals surface area contributed by atoms with Crippen molar-refractivity contribution in [2.24, 2.45) is 5.14 Å². The van der Waals surface area contributed by atoms with Crippen molar-refractivity contribution in [3.63, 3.8) is 0 Å². The van der Waals surface area contributed by atoms with Crippen LogP contribution in [0.3, 0.4) is 0 Å². The normalized spacial score (nSPS) is 12.5. The van der Waals surface area contributed by atoms with Crippen molar-refractivity contribution in [3.05, 3.63) is 54.1 Å². The lowest BCUT2D eigenvalue weighted by molar-refractivity contribution is -0.115. The number of carbonyl (C=O) groups excluding carboxylic acids is 1. The summed E-state index contributed by atoms with van der Waals surface area (Å²) in [6.07, 6.45) is 3.30. The van der Waals surface area contributed by atoms with Crippen LogP contribution in [0.4, 0.5) is 5.69 Å². The molecule has 0 saturated heterocycles. The van der Waals surface area contributed by atoms with E-state index in [0.717, 1.165) is 24.9 Å². The first-order valence-electron chi connectivity index (χ1n) is 9.76. The number of hydrogen-bond acceptors (Lipinski definition) is 7. The number of hydrogen-bond donors (Lipinski definition) is 2. The molecule has 1 heterocycles. The van der Waals surface area contributed by atoms with Gasteiger partial charge >= 0.3 is 0 Å². The van der Waals surface area contributed by atoms with Crippen LogP contribution in [0.1, 0.15) is 32.3 Å². The van der Waals surface area contributed by atoms with E-state index in [-0.39, 0.29) is 10.8 Å². The number of rotatable bonds is 9. The van der Waals surface area contributed by atoms with Gasteiger partial charge < -0.3 is 5.32 Å². The molecule has 0 fully saturated rings. The molecule has 2 aromatic carbocycles. The van der Waals surface area contributed by atoms with Gasteiger partial charge in [-0.1, -0.05) is 43.3 Å². The van der Waals surface area contributed by atoms with Crippen molar-refractivity contribution in [2.75, 3.05) is 5.32 Å². The van der Waals surface area contributed by atoms with E-state index in [4.69, 9.17) is 5.14 Å². The van der Waals surface area contributed by atoms with Crippen LogP contribution in [0, 0.1) is 0 Å². The Bertz CT molecular complexity index is 1150. The van der Waals surface area contributed by atoms with E-state index >= 15 is 0 Å². The van der Waals surface area contributed by atoms with Crippen LogP contribution in [0.2, 0.25) is 0 Å². The van der Waals surface area contributed by atoms with E-state index in [9.17, 15) is 13.2 Å². The zero-order valence-electron chi connectivity index (χ0n) is 17.2. The smallest absolute Gasteiger partial charge is 0.238 e. The minimum atomic E-state index is -3.85. The number of nitrogens with two attached hydrogens (primary N) is 1. The molecule has 9 nitrogen and oxygen atoms in total. The Kier molecular flexibility index (Phi) is 7.42. The van der Waals surface area contributed by atoms with Gasteiger partial charge in [-0.2, -0.15) is 4.68 Å². The molecule has 3 rings (SSSR count). The lowest BCUT2D eigenvalue weighted by Gasteiger charge is -2.12. The number of anilines is 1. The third-order valence-electron chi connectivity index (χ3n) is 4.52. The number of tetrazole rings is 1. The van der Waals surface area contributed by atoms with Gasteiger partial charge in [-0.3, -0.25) is 4.79 Å². The zero-order chi connectivity index (χ0) is 22.4. The fraction of sp³-hybridized carbons (Fsp3) is 0.300. The van der Waals surface area contributed by atoms with Crippen LogP contribution in [0.25, 0.3) is 5.69 Å². The molecule has 164 valence electrons. The number of aryl methyl sites for hydroxylation is 1.